The summed E-state index contributed by atoms with van der Waals surface area (Å²) in [5.74, 6) is 1.66. The molecule has 0 spiro atoms. The lowest BCUT2D eigenvalue weighted by molar-refractivity contribution is 0.614. The second-order valence-electron chi connectivity index (χ2n) is 4.75. The van der Waals surface area contributed by atoms with Crippen molar-refractivity contribution in [2.24, 2.45) is 5.92 Å². The first-order valence-corrected chi connectivity index (χ1v) is 7.77. The predicted octanol–water partition coefficient (Wildman–Crippen LogP) is 4.46. The van der Waals surface area contributed by atoms with Crippen LogP contribution in [0.25, 0.3) is 0 Å². The van der Waals surface area contributed by atoms with Crippen LogP contribution in [-0.4, -0.2) is 12.3 Å². The average molecular weight is 269 g/mol. The largest absolute Gasteiger partial charge is 0.313 e. The van der Waals surface area contributed by atoms with Crippen molar-refractivity contribution in [3.05, 3.63) is 29.6 Å². The van der Waals surface area contributed by atoms with Gasteiger partial charge >= 0.3 is 0 Å². The molecule has 1 N–H and O–H groups in total. The van der Waals surface area contributed by atoms with E-state index >= 15 is 0 Å². The molecule has 0 radical (unpaired) electrons. The van der Waals surface area contributed by atoms with Gasteiger partial charge in [0.15, 0.2) is 0 Å². The van der Waals surface area contributed by atoms with Crippen LogP contribution in [0.3, 0.4) is 0 Å². The molecule has 18 heavy (non-hydrogen) atoms. The Kier molecular flexibility index (Phi) is 7.36. The number of nitrogens with one attached hydrogen (secondary N) is 1. The maximum absolute atomic E-state index is 13.3. The Balaban J connectivity index is 2.63. The predicted molar refractivity (Wildman–Crippen MR) is 78.6 cm³/mol. The van der Waals surface area contributed by atoms with Gasteiger partial charge in [-0.25, -0.2) is 4.39 Å². The van der Waals surface area contributed by atoms with Crippen molar-refractivity contribution in [3.8, 4) is 0 Å². The number of thioether (sulfide) groups is 1. The van der Waals surface area contributed by atoms with Crippen molar-refractivity contribution in [2.75, 3.05) is 12.3 Å². The maximum atomic E-state index is 13.3. The molecule has 0 saturated carbocycles. The highest BCUT2D eigenvalue weighted by atomic mass is 32.2. The zero-order valence-electron chi connectivity index (χ0n) is 11.6. The van der Waals surface area contributed by atoms with Crippen LogP contribution < -0.4 is 5.32 Å². The number of rotatable bonds is 8. The SMILES string of the molecule is CCCNCc1cc(F)ccc1SCC(C)CC. The highest BCUT2D eigenvalue weighted by Gasteiger charge is 2.07. The standard InChI is InChI=1S/C15H24FNS/c1-4-8-17-10-13-9-14(16)6-7-15(13)18-11-12(3)5-2/h6-7,9,12,17H,4-5,8,10-11H2,1-3H3. The van der Waals surface area contributed by atoms with Crippen LogP contribution in [0, 0.1) is 11.7 Å². The van der Waals surface area contributed by atoms with Crippen LogP contribution in [-0.2, 0) is 6.54 Å². The number of hydrogen-bond donors (Lipinski definition) is 1. The first-order valence-electron chi connectivity index (χ1n) is 6.79. The van der Waals surface area contributed by atoms with E-state index in [1.54, 1.807) is 12.1 Å². The molecule has 0 saturated heterocycles. The summed E-state index contributed by atoms with van der Waals surface area (Å²) in [5, 5.41) is 3.34. The van der Waals surface area contributed by atoms with Crippen molar-refractivity contribution in [3.63, 3.8) is 0 Å². The molecule has 1 rings (SSSR count). The third-order valence-electron chi connectivity index (χ3n) is 2.99. The quantitative estimate of drug-likeness (QED) is 0.552. The molecule has 0 aliphatic heterocycles. The van der Waals surface area contributed by atoms with Gasteiger partial charge in [-0.2, -0.15) is 0 Å². The molecule has 0 bridgehead atoms. The second kappa shape index (κ2) is 8.54. The van der Waals surface area contributed by atoms with Gasteiger partial charge in [0.2, 0.25) is 0 Å². The van der Waals surface area contributed by atoms with Crippen LogP contribution in [0.1, 0.15) is 39.2 Å². The van der Waals surface area contributed by atoms with Gasteiger partial charge in [-0.3, -0.25) is 0 Å². The zero-order chi connectivity index (χ0) is 13.4. The summed E-state index contributed by atoms with van der Waals surface area (Å²) in [4.78, 5) is 1.21. The monoisotopic (exact) mass is 269 g/mol. The fourth-order valence-electron chi connectivity index (χ4n) is 1.58. The molecule has 0 aromatic heterocycles. The topological polar surface area (TPSA) is 12.0 Å². The van der Waals surface area contributed by atoms with Crippen LogP contribution in [0.2, 0.25) is 0 Å². The molecule has 0 amide bonds. The van der Waals surface area contributed by atoms with Crippen LogP contribution >= 0.6 is 11.8 Å². The fourth-order valence-corrected chi connectivity index (χ4v) is 2.76. The van der Waals surface area contributed by atoms with E-state index in [0.717, 1.165) is 30.8 Å². The molecule has 0 aliphatic carbocycles. The van der Waals surface area contributed by atoms with Crippen LogP contribution in [0.15, 0.2) is 23.1 Å². The summed E-state index contributed by atoms with van der Waals surface area (Å²) in [6, 6.07) is 5.12. The number of benzene rings is 1. The molecular weight excluding hydrogens is 245 g/mol. The smallest absolute Gasteiger partial charge is 0.123 e. The van der Waals surface area contributed by atoms with E-state index in [0.29, 0.717) is 5.92 Å². The molecular formula is C15H24FNS. The minimum Gasteiger partial charge on any atom is -0.313 e. The Labute approximate surface area is 115 Å². The molecule has 102 valence electrons. The Morgan fingerprint density at radius 2 is 2.11 bits per heavy atom. The normalized spacial score (nSPS) is 12.7. The van der Waals surface area contributed by atoms with Crippen molar-refractivity contribution in [2.45, 2.75) is 45.1 Å². The Hall–Kier alpha value is -0.540. The first kappa shape index (κ1) is 15.5. The van der Waals surface area contributed by atoms with Gasteiger partial charge in [0.05, 0.1) is 0 Å². The summed E-state index contributed by atoms with van der Waals surface area (Å²) in [5.41, 5.74) is 1.08. The lowest BCUT2D eigenvalue weighted by Gasteiger charge is -2.12. The van der Waals surface area contributed by atoms with E-state index in [4.69, 9.17) is 0 Å². The molecule has 1 atom stereocenters. The third-order valence-corrected chi connectivity index (χ3v) is 4.43. The van der Waals surface area contributed by atoms with Gasteiger partial charge in [0, 0.05) is 17.2 Å². The number of hydrogen-bond acceptors (Lipinski definition) is 2. The van der Waals surface area contributed by atoms with Crippen molar-refractivity contribution in [1.82, 2.24) is 5.32 Å². The molecule has 1 aromatic carbocycles. The molecule has 1 nitrogen and oxygen atoms in total. The van der Waals surface area contributed by atoms with E-state index in [2.05, 4.69) is 26.1 Å². The molecule has 1 aromatic rings. The summed E-state index contributed by atoms with van der Waals surface area (Å²) < 4.78 is 13.3. The highest BCUT2D eigenvalue weighted by Crippen LogP contribution is 2.26. The van der Waals surface area contributed by atoms with E-state index < -0.39 is 0 Å². The molecule has 0 heterocycles. The molecule has 0 aliphatic rings. The van der Waals surface area contributed by atoms with E-state index in [9.17, 15) is 4.39 Å². The zero-order valence-corrected chi connectivity index (χ0v) is 12.4. The Bertz CT molecular complexity index is 354. The van der Waals surface area contributed by atoms with Gasteiger partial charge in [0.25, 0.3) is 0 Å². The minimum atomic E-state index is -0.142. The molecule has 3 heteroatoms. The van der Waals surface area contributed by atoms with Gasteiger partial charge in [-0.1, -0.05) is 27.2 Å². The molecule has 0 fully saturated rings. The Morgan fingerprint density at radius 1 is 1.33 bits per heavy atom. The highest BCUT2D eigenvalue weighted by molar-refractivity contribution is 7.99. The maximum Gasteiger partial charge on any atom is 0.123 e. The van der Waals surface area contributed by atoms with Crippen LogP contribution in [0.5, 0.6) is 0 Å². The third kappa shape index (κ3) is 5.40. The average Bonchev–Trinajstić information content (AvgIpc) is 2.37. The van der Waals surface area contributed by atoms with Gasteiger partial charge in [-0.15, -0.1) is 11.8 Å². The van der Waals surface area contributed by atoms with Crippen LogP contribution in [0.4, 0.5) is 4.39 Å². The van der Waals surface area contributed by atoms with Crippen molar-refractivity contribution in [1.29, 1.82) is 0 Å². The second-order valence-corrected chi connectivity index (χ2v) is 5.82. The van der Waals surface area contributed by atoms with E-state index in [1.165, 1.54) is 11.3 Å². The van der Waals surface area contributed by atoms with E-state index in [-0.39, 0.29) is 5.82 Å². The lowest BCUT2D eigenvalue weighted by atomic mass is 10.2. The summed E-state index contributed by atoms with van der Waals surface area (Å²) in [6.07, 6.45) is 2.29. The van der Waals surface area contributed by atoms with E-state index in [1.807, 2.05) is 17.8 Å². The summed E-state index contributed by atoms with van der Waals surface area (Å²) in [7, 11) is 0. The lowest BCUT2D eigenvalue weighted by Crippen LogP contribution is -2.14. The van der Waals surface area contributed by atoms with Crippen molar-refractivity contribution < 1.29 is 4.39 Å². The van der Waals surface area contributed by atoms with Gasteiger partial charge < -0.3 is 5.32 Å². The van der Waals surface area contributed by atoms with Gasteiger partial charge in [-0.05, 0) is 42.6 Å². The first-order chi connectivity index (χ1) is 8.67. The van der Waals surface area contributed by atoms with Gasteiger partial charge in [0.1, 0.15) is 5.82 Å². The fraction of sp³-hybridized carbons (Fsp3) is 0.600. The Morgan fingerprint density at radius 3 is 2.78 bits per heavy atom. The van der Waals surface area contributed by atoms with Crippen molar-refractivity contribution >= 4 is 11.8 Å². The summed E-state index contributed by atoms with van der Waals surface area (Å²) in [6.45, 7) is 8.34. The minimum absolute atomic E-state index is 0.142. The molecule has 1 unspecified atom stereocenters. The summed E-state index contributed by atoms with van der Waals surface area (Å²) >= 11 is 1.84. The number of halogens is 1.